The fourth-order valence-electron chi connectivity index (χ4n) is 0.264. The largest absolute Gasteiger partial charge is 0.392 e. The third-order valence-electron chi connectivity index (χ3n) is 0.580. The van der Waals surface area contributed by atoms with Crippen LogP contribution in [-0.2, 0) is 4.84 Å². The van der Waals surface area contributed by atoms with Crippen LogP contribution in [0.4, 0.5) is 0 Å². The van der Waals surface area contributed by atoms with E-state index < -0.39 is 0 Å². The van der Waals surface area contributed by atoms with E-state index in [2.05, 4.69) is 10.1 Å². The van der Waals surface area contributed by atoms with Crippen LogP contribution in [0.15, 0.2) is 10.1 Å². The summed E-state index contributed by atoms with van der Waals surface area (Å²) in [6.45, 7) is 5.45. The van der Waals surface area contributed by atoms with Crippen molar-refractivity contribution in [2.24, 2.45) is 15.9 Å². The summed E-state index contributed by atoms with van der Waals surface area (Å²) in [5.41, 5.74) is 5.21. The molecule has 10 heavy (non-hydrogen) atoms. The van der Waals surface area contributed by atoms with Gasteiger partial charge in [-0.25, -0.2) is 4.99 Å². The van der Waals surface area contributed by atoms with Gasteiger partial charge in [0, 0.05) is 0 Å². The number of hydrogen-bond acceptors (Lipinski definition) is 2. The smallest absolute Gasteiger partial charge is 0.156 e. The Bertz CT molecular complexity index is 136. The molecule has 0 aliphatic heterocycles. The van der Waals surface area contributed by atoms with E-state index in [1.54, 1.807) is 6.92 Å². The van der Waals surface area contributed by atoms with Gasteiger partial charge in [-0.05, 0) is 20.8 Å². The fraction of sp³-hybridized carbons (Fsp3) is 0.667. The van der Waals surface area contributed by atoms with Crippen molar-refractivity contribution >= 4 is 12.2 Å². The molecule has 0 aliphatic rings. The highest BCUT2D eigenvalue weighted by Crippen LogP contribution is 1.85. The van der Waals surface area contributed by atoms with E-state index in [0.29, 0.717) is 5.84 Å². The molecule has 0 saturated heterocycles. The first kappa shape index (κ1) is 8.94. The molecule has 4 heteroatoms. The lowest BCUT2D eigenvalue weighted by Crippen LogP contribution is -2.05. The van der Waals surface area contributed by atoms with Crippen molar-refractivity contribution in [2.75, 3.05) is 0 Å². The second-order valence-corrected chi connectivity index (χ2v) is 2.15. The highest BCUT2D eigenvalue weighted by atomic mass is 16.6. The molecule has 2 N–H and O–H groups in total. The van der Waals surface area contributed by atoms with E-state index in [-0.39, 0.29) is 6.10 Å². The van der Waals surface area contributed by atoms with E-state index in [4.69, 9.17) is 10.6 Å². The predicted octanol–water partition coefficient (Wildman–Crippen LogP) is 0.732. The molecule has 0 aromatic rings. The molecule has 0 fully saturated rings. The number of nitrogens with two attached hydrogens (primary N) is 1. The van der Waals surface area contributed by atoms with Crippen LogP contribution < -0.4 is 5.73 Å². The fourth-order valence-corrected chi connectivity index (χ4v) is 0.264. The minimum absolute atomic E-state index is 0.0875. The molecule has 0 atom stereocenters. The molecule has 0 spiro atoms. The first-order valence-corrected chi connectivity index (χ1v) is 3.10. The molecule has 0 amide bonds. The first-order valence-electron chi connectivity index (χ1n) is 3.10. The Kier molecular flexibility index (Phi) is 4.28. The quantitative estimate of drug-likeness (QED) is 0.359. The van der Waals surface area contributed by atoms with Gasteiger partial charge in [0.1, 0.15) is 6.10 Å². The Balaban J connectivity index is 3.48. The Morgan fingerprint density at radius 1 is 1.60 bits per heavy atom. The number of oxime groups is 1. The molecule has 0 aromatic heterocycles. The zero-order valence-corrected chi connectivity index (χ0v) is 6.53. The molecule has 0 radical (unpaired) electrons. The van der Waals surface area contributed by atoms with Gasteiger partial charge in [0.05, 0.1) is 5.84 Å². The molecule has 0 bridgehead atoms. The monoisotopic (exact) mass is 143 g/mol. The van der Waals surface area contributed by atoms with Gasteiger partial charge in [0.25, 0.3) is 0 Å². The van der Waals surface area contributed by atoms with Crippen molar-refractivity contribution in [1.82, 2.24) is 0 Å². The van der Waals surface area contributed by atoms with Crippen LogP contribution in [0.3, 0.4) is 0 Å². The molecule has 0 aromatic carbocycles. The van der Waals surface area contributed by atoms with Crippen molar-refractivity contribution < 1.29 is 4.84 Å². The standard InChI is InChI=1S/C6H13N3O/c1-5(2)10-9-4-8-6(3)7/h4-5H,1-3H3,(H2,7,8,9). The summed E-state index contributed by atoms with van der Waals surface area (Å²) in [6, 6.07) is 0. The summed E-state index contributed by atoms with van der Waals surface area (Å²) in [7, 11) is 0. The lowest BCUT2D eigenvalue weighted by atomic mass is 10.5. The van der Waals surface area contributed by atoms with Crippen molar-refractivity contribution in [3.05, 3.63) is 0 Å². The minimum atomic E-state index is 0.0875. The van der Waals surface area contributed by atoms with E-state index >= 15 is 0 Å². The molecular weight excluding hydrogens is 130 g/mol. The molecule has 0 rings (SSSR count). The third kappa shape index (κ3) is 6.94. The lowest BCUT2D eigenvalue weighted by Gasteiger charge is -1.98. The van der Waals surface area contributed by atoms with E-state index in [0.717, 1.165) is 0 Å². The van der Waals surface area contributed by atoms with Gasteiger partial charge in [0.2, 0.25) is 0 Å². The van der Waals surface area contributed by atoms with Crippen molar-refractivity contribution in [3.8, 4) is 0 Å². The maximum Gasteiger partial charge on any atom is 0.156 e. The molecule has 4 nitrogen and oxygen atoms in total. The molecule has 0 saturated carbocycles. The van der Waals surface area contributed by atoms with Crippen LogP contribution in [0, 0.1) is 0 Å². The summed E-state index contributed by atoms with van der Waals surface area (Å²) in [6.07, 6.45) is 1.37. The molecule has 58 valence electrons. The van der Waals surface area contributed by atoms with Crippen LogP contribution >= 0.6 is 0 Å². The molecule has 0 aliphatic carbocycles. The zero-order valence-electron chi connectivity index (χ0n) is 6.53. The van der Waals surface area contributed by atoms with Crippen LogP contribution in [0.2, 0.25) is 0 Å². The summed E-state index contributed by atoms with van der Waals surface area (Å²) in [4.78, 5) is 8.47. The molecular formula is C6H13N3O. The third-order valence-corrected chi connectivity index (χ3v) is 0.580. The van der Waals surface area contributed by atoms with Crippen LogP contribution in [-0.4, -0.2) is 18.3 Å². The van der Waals surface area contributed by atoms with Gasteiger partial charge in [-0.15, -0.1) is 0 Å². The molecule has 0 unspecified atom stereocenters. The zero-order chi connectivity index (χ0) is 7.98. The van der Waals surface area contributed by atoms with E-state index in [1.165, 1.54) is 6.34 Å². The number of rotatable bonds is 3. The van der Waals surface area contributed by atoms with Gasteiger partial charge in [-0.1, -0.05) is 5.16 Å². The van der Waals surface area contributed by atoms with E-state index in [9.17, 15) is 0 Å². The van der Waals surface area contributed by atoms with Crippen molar-refractivity contribution in [2.45, 2.75) is 26.9 Å². The number of hydrogen-bond donors (Lipinski definition) is 1. The lowest BCUT2D eigenvalue weighted by molar-refractivity contribution is 0.0870. The van der Waals surface area contributed by atoms with Crippen molar-refractivity contribution in [3.63, 3.8) is 0 Å². The Hall–Kier alpha value is -1.06. The number of aliphatic imine (C=N–C) groups is 1. The molecule has 0 heterocycles. The van der Waals surface area contributed by atoms with E-state index in [1.807, 2.05) is 13.8 Å². The Morgan fingerprint density at radius 3 is 2.60 bits per heavy atom. The second-order valence-electron chi connectivity index (χ2n) is 2.15. The van der Waals surface area contributed by atoms with Crippen molar-refractivity contribution in [1.29, 1.82) is 0 Å². The maximum absolute atomic E-state index is 5.21. The van der Waals surface area contributed by atoms with Gasteiger partial charge in [-0.2, -0.15) is 0 Å². The van der Waals surface area contributed by atoms with Gasteiger partial charge < -0.3 is 10.6 Å². The SMILES string of the molecule is C/C(N)=N\C=N/OC(C)C. The first-order chi connectivity index (χ1) is 4.63. The Morgan fingerprint density at radius 2 is 2.20 bits per heavy atom. The Labute approximate surface area is 60.8 Å². The number of nitrogens with zero attached hydrogens (tertiary/aromatic N) is 2. The van der Waals surface area contributed by atoms with Crippen LogP contribution in [0.5, 0.6) is 0 Å². The highest BCUT2D eigenvalue weighted by molar-refractivity contribution is 5.84. The number of amidine groups is 1. The minimum Gasteiger partial charge on any atom is -0.392 e. The summed E-state index contributed by atoms with van der Waals surface area (Å²) < 4.78 is 0. The van der Waals surface area contributed by atoms with Gasteiger partial charge in [-0.3, -0.25) is 0 Å². The highest BCUT2D eigenvalue weighted by Gasteiger charge is 1.85. The average Bonchev–Trinajstić information content (AvgIpc) is 1.79. The van der Waals surface area contributed by atoms with Crippen LogP contribution in [0.25, 0.3) is 0 Å². The predicted molar refractivity (Wildman–Crippen MR) is 42.0 cm³/mol. The summed E-state index contributed by atoms with van der Waals surface area (Å²) in [5.74, 6) is 0.469. The second kappa shape index (κ2) is 4.78. The van der Waals surface area contributed by atoms with Crippen LogP contribution in [0.1, 0.15) is 20.8 Å². The summed E-state index contributed by atoms with van der Waals surface area (Å²) >= 11 is 0. The van der Waals surface area contributed by atoms with Gasteiger partial charge >= 0.3 is 0 Å². The van der Waals surface area contributed by atoms with Gasteiger partial charge in [0.15, 0.2) is 6.34 Å². The topological polar surface area (TPSA) is 60.0 Å². The summed E-state index contributed by atoms with van der Waals surface area (Å²) in [5, 5.41) is 3.52. The maximum atomic E-state index is 5.21. The average molecular weight is 143 g/mol. The normalized spacial score (nSPS) is 13.0.